The van der Waals surface area contributed by atoms with Gasteiger partial charge in [0.2, 0.25) is 29.6 Å². The van der Waals surface area contributed by atoms with Crippen LogP contribution in [0.2, 0.25) is 5.02 Å². The first-order valence-electron chi connectivity index (χ1n) is 19.9. The molecule has 1 spiro atoms. The molecule has 0 radical (unpaired) electrons. The average Bonchev–Trinajstić information content (AvgIpc) is 3.51. The Kier molecular flexibility index (Phi) is 11.0. The Labute approximate surface area is 331 Å². The second kappa shape index (κ2) is 16.2. The molecule has 2 aromatic heterocycles. The van der Waals surface area contributed by atoms with E-state index in [2.05, 4.69) is 35.8 Å². The summed E-state index contributed by atoms with van der Waals surface area (Å²) < 4.78 is 0. The molecule has 2 atom stereocenters. The lowest BCUT2D eigenvalue weighted by Gasteiger charge is -2.39. The van der Waals surface area contributed by atoms with Crippen LogP contribution in [0.3, 0.4) is 0 Å². The maximum absolute atomic E-state index is 14.0. The van der Waals surface area contributed by atoms with Crippen LogP contribution >= 0.6 is 11.6 Å². The van der Waals surface area contributed by atoms with Crippen LogP contribution in [0.1, 0.15) is 64.2 Å². The predicted octanol–water partition coefficient (Wildman–Crippen LogP) is 4.10. The van der Waals surface area contributed by atoms with E-state index in [1.54, 1.807) is 18.6 Å². The Balaban J connectivity index is 0.800. The van der Waals surface area contributed by atoms with Crippen molar-refractivity contribution in [3.63, 3.8) is 0 Å². The normalized spacial score (nSPS) is 23.1. The number of β-amino-alcohol motifs (C(OH)–C–C–N with tert-alkyl or cyclic N) is 1. The van der Waals surface area contributed by atoms with Crippen molar-refractivity contribution in [2.24, 2.45) is 11.3 Å². The molecular formula is C40H49ClN10O5. The average molecular weight is 785 g/mol. The van der Waals surface area contributed by atoms with E-state index in [0.29, 0.717) is 92.4 Å². The van der Waals surface area contributed by atoms with E-state index in [-0.39, 0.29) is 23.6 Å². The second-order valence-corrected chi connectivity index (χ2v) is 16.3. The first kappa shape index (κ1) is 37.9. The molecule has 5 fully saturated rings. The van der Waals surface area contributed by atoms with Gasteiger partial charge in [0, 0.05) is 70.0 Å². The van der Waals surface area contributed by atoms with E-state index in [1.807, 2.05) is 45.0 Å². The Morgan fingerprint density at radius 3 is 2.41 bits per heavy atom. The minimum absolute atomic E-state index is 0.0874. The van der Waals surface area contributed by atoms with Gasteiger partial charge in [-0.3, -0.25) is 29.5 Å². The smallest absolute Gasteiger partial charge is 0.249 e. The summed E-state index contributed by atoms with van der Waals surface area (Å²) in [6.07, 6.45) is 11.4. The van der Waals surface area contributed by atoms with Crippen LogP contribution in [0, 0.1) is 11.3 Å². The van der Waals surface area contributed by atoms with Crippen molar-refractivity contribution < 1.29 is 24.3 Å². The van der Waals surface area contributed by atoms with E-state index in [0.717, 1.165) is 63.1 Å². The van der Waals surface area contributed by atoms with Gasteiger partial charge in [-0.1, -0.05) is 11.6 Å². The Bertz CT molecular complexity index is 1950. The number of amides is 4. The van der Waals surface area contributed by atoms with Crippen LogP contribution in [0.25, 0.3) is 0 Å². The van der Waals surface area contributed by atoms with Crippen molar-refractivity contribution in [2.45, 2.75) is 76.4 Å². The number of aliphatic hydroxyl groups is 1. The molecular weight excluding hydrogens is 736 g/mol. The van der Waals surface area contributed by atoms with Gasteiger partial charge >= 0.3 is 0 Å². The van der Waals surface area contributed by atoms with Crippen molar-refractivity contribution >= 4 is 69.7 Å². The number of rotatable bonds is 9. The number of carbonyl (C=O) groups is 4. The van der Waals surface area contributed by atoms with Gasteiger partial charge in [0.25, 0.3) is 0 Å². The van der Waals surface area contributed by atoms with Gasteiger partial charge in [-0.05, 0) is 87.6 Å². The van der Waals surface area contributed by atoms with Crippen molar-refractivity contribution in [1.82, 2.24) is 25.2 Å². The Morgan fingerprint density at radius 2 is 1.66 bits per heavy atom. The molecule has 4 N–H and O–H groups in total. The standard InChI is InChI=1S/C40H49ClN10O5/c41-32-24-43-39(47-36(32)50-14-1-2-31(52)25-50)45-28-21-30(23-42-22-28)51-19-13-40(38(51)56)11-17-49(18-12-40)35(54)20-26-9-15-48(16-10-26)29-5-3-27(4-6-29)44-33-7-8-34(53)46-37(33)55/h3-6,21-24,26,31,33,44,52H,1-2,7-20,25H2,(H,43,45,47)(H,46,53,55)/t31-,33?/m1/s1. The Hall–Kier alpha value is -5.02. The van der Waals surface area contributed by atoms with Crippen LogP contribution in [-0.2, 0) is 19.2 Å². The summed E-state index contributed by atoms with van der Waals surface area (Å²) in [5, 5.41) is 19.4. The molecule has 0 aliphatic carbocycles. The maximum Gasteiger partial charge on any atom is 0.249 e. The summed E-state index contributed by atoms with van der Waals surface area (Å²) >= 11 is 6.43. The highest BCUT2D eigenvalue weighted by molar-refractivity contribution is 6.32. The SMILES string of the molecule is O=C1CCC(Nc2ccc(N3CCC(CC(=O)N4CCC5(CC4)CCN(c4cncc(Nc6ncc(Cl)c(N7CCC[C@@H](O)C7)n6)c4)C5=O)CC3)cc2)C(=O)N1. The maximum atomic E-state index is 14.0. The first-order chi connectivity index (χ1) is 27.1. The third kappa shape index (κ3) is 8.24. The summed E-state index contributed by atoms with van der Waals surface area (Å²) in [6.45, 7) is 4.72. The number of halogens is 1. The highest BCUT2D eigenvalue weighted by atomic mass is 35.5. The molecule has 4 amide bonds. The van der Waals surface area contributed by atoms with Crippen LogP contribution < -0.4 is 30.7 Å². The van der Waals surface area contributed by atoms with Crippen molar-refractivity contribution in [2.75, 3.05) is 71.1 Å². The number of aliphatic hydroxyl groups excluding tert-OH is 1. The molecule has 7 heterocycles. The number of piperidine rings is 4. The topological polar surface area (TPSA) is 176 Å². The van der Waals surface area contributed by atoms with Gasteiger partial charge in [0.05, 0.1) is 41.5 Å². The van der Waals surface area contributed by atoms with Crippen LogP contribution in [0.15, 0.2) is 48.9 Å². The third-order valence-electron chi connectivity index (χ3n) is 12.2. The van der Waals surface area contributed by atoms with E-state index in [1.165, 1.54) is 0 Å². The van der Waals surface area contributed by atoms with Gasteiger partial charge in [-0.2, -0.15) is 4.98 Å². The van der Waals surface area contributed by atoms with Gasteiger partial charge < -0.3 is 35.3 Å². The number of anilines is 6. The second-order valence-electron chi connectivity index (χ2n) is 15.9. The molecule has 5 aliphatic heterocycles. The van der Waals surface area contributed by atoms with Crippen molar-refractivity contribution in [1.29, 1.82) is 0 Å². The molecule has 3 aromatic rings. The van der Waals surface area contributed by atoms with Gasteiger partial charge in [0.1, 0.15) is 11.1 Å². The monoisotopic (exact) mass is 784 g/mol. The fourth-order valence-electron chi connectivity index (χ4n) is 8.85. The zero-order valence-corrected chi connectivity index (χ0v) is 32.2. The lowest BCUT2D eigenvalue weighted by Crippen LogP contribution is -2.47. The number of carbonyl (C=O) groups excluding carboxylic acids is 4. The number of nitrogens with one attached hydrogen (secondary N) is 3. The largest absolute Gasteiger partial charge is 0.391 e. The van der Waals surface area contributed by atoms with Crippen molar-refractivity contribution in [3.8, 4) is 0 Å². The molecule has 16 heteroatoms. The summed E-state index contributed by atoms with van der Waals surface area (Å²) in [7, 11) is 0. The summed E-state index contributed by atoms with van der Waals surface area (Å²) in [5.74, 6) is 0.995. The molecule has 0 bridgehead atoms. The highest BCUT2D eigenvalue weighted by Crippen LogP contribution is 2.44. The number of imide groups is 1. The lowest BCUT2D eigenvalue weighted by atomic mass is 9.77. The van der Waals surface area contributed by atoms with Gasteiger partial charge in [-0.25, -0.2) is 4.98 Å². The fourth-order valence-corrected chi connectivity index (χ4v) is 9.06. The number of hydrogen-bond donors (Lipinski definition) is 4. The van der Waals surface area contributed by atoms with Gasteiger partial charge in [0.15, 0.2) is 5.82 Å². The van der Waals surface area contributed by atoms with Crippen LogP contribution in [0.4, 0.5) is 34.5 Å². The molecule has 296 valence electrons. The number of pyridine rings is 1. The van der Waals surface area contributed by atoms with E-state index in [4.69, 9.17) is 11.6 Å². The Morgan fingerprint density at radius 1 is 0.893 bits per heavy atom. The molecule has 0 saturated carbocycles. The summed E-state index contributed by atoms with van der Waals surface area (Å²) in [5.41, 5.74) is 2.82. The lowest BCUT2D eigenvalue weighted by molar-refractivity contribution is -0.138. The predicted molar refractivity (Wildman–Crippen MR) is 213 cm³/mol. The molecule has 8 rings (SSSR count). The summed E-state index contributed by atoms with van der Waals surface area (Å²) in [6, 6.07) is 9.50. The molecule has 5 saturated heterocycles. The minimum atomic E-state index is -0.480. The van der Waals surface area contributed by atoms with E-state index < -0.39 is 17.6 Å². The number of benzene rings is 1. The van der Waals surface area contributed by atoms with E-state index >= 15 is 0 Å². The third-order valence-corrected chi connectivity index (χ3v) is 12.5. The minimum Gasteiger partial charge on any atom is -0.391 e. The van der Waals surface area contributed by atoms with Crippen LogP contribution in [0.5, 0.6) is 0 Å². The zero-order chi connectivity index (χ0) is 38.8. The zero-order valence-electron chi connectivity index (χ0n) is 31.5. The highest BCUT2D eigenvalue weighted by Gasteiger charge is 2.49. The number of likely N-dealkylation sites (tertiary alicyclic amines) is 1. The molecule has 5 aliphatic rings. The van der Waals surface area contributed by atoms with Gasteiger partial charge in [-0.15, -0.1) is 0 Å². The molecule has 15 nitrogen and oxygen atoms in total. The molecule has 56 heavy (non-hydrogen) atoms. The summed E-state index contributed by atoms with van der Waals surface area (Å²) in [4.78, 5) is 72.5. The molecule has 1 unspecified atom stereocenters. The first-order valence-corrected chi connectivity index (χ1v) is 20.2. The number of hydrogen-bond acceptors (Lipinski definition) is 12. The number of aromatic nitrogens is 3. The van der Waals surface area contributed by atoms with Crippen LogP contribution in [-0.4, -0.2) is 107 Å². The fraction of sp³-hybridized carbons (Fsp3) is 0.525. The van der Waals surface area contributed by atoms with E-state index in [9.17, 15) is 24.3 Å². The quantitative estimate of drug-likeness (QED) is 0.229. The van der Waals surface area contributed by atoms with Crippen molar-refractivity contribution in [3.05, 3.63) is 53.9 Å². The molecule has 1 aromatic carbocycles. The number of nitrogens with zero attached hydrogens (tertiary/aromatic N) is 7.